The number of nitrogens with zero attached hydrogens (tertiary/aromatic N) is 1. The van der Waals surface area contributed by atoms with E-state index in [1.807, 2.05) is 30.5 Å². The zero-order valence-corrected chi connectivity index (χ0v) is 18.9. The molecule has 7 rings (SSSR count). The van der Waals surface area contributed by atoms with Gasteiger partial charge in [0.05, 0.1) is 11.3 Å². The highest BCUT2D eigenvalue weighted by Gasteiger charge is 2.22. The fourth-order valence-electron chi connectivity index (χ4n) is 5.08. The standard InChI is InChI=1S/C31H21NO2/c1-18-8-6-12-22-24-17-25-23-13-7-9-19(2)29(23)34-31(25)27(30(24)33-28(18)22)21-14-15-32-26(16-21)20-10-4-3-5-11-20/h3-17H,1-2H3. The molecule has 0 saturated carbocycles. The normalized spacial score (nSPS) is 11.8. The Balaban J connectivity index is 1.66. The summed E-state index contributed by atoms with van der Waals surface area (Å²) in [6.07, 6.45) is 1.87. The number of aromatic nitrogens is 1. The van der Waals surface area contributed by atoms with Crippen LogP contribution in [-0.4, -0.2) is 4.98 Å². The smallest absolute Gasteiger partial charge is 0.147 e. The first-order valence-electron chi connectivity index (χ1n) is 11.5. The van der Waals surface area contributed by atoms with Crippen LogP contribution in [0.1, 0.15) is 11.1 Å². The SMILES string of the molecule is Cc1cccc2c1oc1c(-c3ccnc(-c4ccccc4)c3)c3oc4c(C)cccc4c3cc12. The van der Waals surface area contributed by atoms with Crippen LogP contribution in [0.25, 0.3) is 66.3 Å². The molecule has 0 fully saturated rings. The Morgan fingerprint density at radius 3 is 1.76 bits per heavy atom. The van der Waals surface area contributed by atoms with Gasteiger partial charge in [-0.1, -0.05) is 66.7 Å². The number of aryl methyl sites for hydroxylation is 2. The minimum Gasteiger partial charge on any atom is -0.455 e. The van der Waals surface area contributed by atoms with Crippen LogP contribution >= 0.6 is 0 Å². The summed E-state index contributed by atoms with van der Waals surface area (Å²) in [5.41, 5.74) is 9.77. The topological polar surface area (TPSA) is 39.2 Å². The largest absolute Gasteiger partial charge is 0.455 e. The Hall–Kier alpha value is -4.37. The molecule has 3 nitrogen and oxygen atoms in total. The third-order valence-electron chi connectivity index (χ3n) is 6.76. The quantitative estimate of drug-likeness (QED) is 0.270. The van der Waals surface area contributed by atoms with Crippen molar-refractivity contribution in [1.29, 1.82) is 0 Å². The van der Waals surface area contributed by atoms with Crippen molar-refractivity contribution in [3.05, 3.63) is 102 Å². The van der Waals surface area contributed by atoms with E-state index in [-0.39, 0.29) is 0 Å². The first-order chi connectivity index (χ1) is 16.7. The Bertz CT molecular complexity index is 1780. The van der Waals surface area contributed by atoms with Crippen LogP contribution in [-0.2, 0) is 0 Å². The number of rotatable bonds is 2. The molecule has 0 amide bonds. The van der Waals surface area contributed by atoms with Crippen molar-refractivity contribution in [1.82, 2.24) is 4.98 Å². The lowest BCUT2D eigenvalue weighted by Crippen LogP contribution is -1.86. The summed E-state index contributed by atoms with van der Waals surface area (Å²) in [6, 6.07) is 29.3. The first-order valence-corrected chi connectivity index (χ1v) is 11.5. The van der Waals surface area contributed by atoms with Crippen LogP contribution in [0.15, 0.2) is 100.0 Å². The molecule has 0 aliphatic rings. The molecule has 3 heteroatoms. The second-order valence-electron chi connectivity index (χ2n) is 8.91. The van der Waals surface area contributed by atoms with Crippen molar-refractivity contribution in [2.75, 3.05) is 0 Å². The molecule has 34 heavy (non-hydrogen) atoms. The van der Waals surface area contributed by atoms with Crippen molar-refractivity contribution in [2.24, 2.45) is 0 Å². The maximum Gasteiger partial charge on any atom is 0.147 e. The van der Waals surface area contributed by atoms with Crippen molar-refractivity contribution in [3.63, 3.8) is 0 Å². The minimum atomic E-state index is 0.846. The average Bonchev–Trinajstić information content (AvgIpc) is 3.43. The molecule has 0 saturated heterocycles. The summed E-state index contributed by atoms with van der Waals surface area (Å²) in [7, 11) is 0. The van der Waals surface area contributed by atoms with Crippen LogP contribution in [0.3, 0.4) is 0 Å². The minimum absolute atomic E-state index is 0.846. The summed E-state index contributed by atoms with van der Waals surface area (Å²) in [5, 5.41) is 4.45. The van der Waals surface area contributed by atoms with Crippen molar-refractivity contribution >= 4 is 43.9 Å². The maximum absolute atomic E-state index is 6.57. The van der Waals surface area contributed by atoms with Gasteiger partial charge in [0.25, 0.3) is 0 Å². The predicted octanol–water partition coefficient (Wildman–Crippen LogP) is 8.83. The number of hydrogen-bond acceptors (Lipinski definition) is 3. The zero-order chi connectivity index (χ0) is 22.8. The maximum atomic E-state index is 6.57. The molecule has 0 N–H and O–H groups in total. The molecular weight excluding hydrogens is 418 g/mol. The number of hydrogen-bond donors (Lipinski definition) is 0. The van der Waals surface area contributed by atoms with Crippen molar-refractivity contribution in [2.45, 2.75) is 13.8 Å². The Labute approximate surface area is 196 Å². The average molecular weight is 440 g/mol. The van der Waals surface area contributed by atoms with Gasteiger partial charge < -0.3 is 8.83 Å². The molecule has 0 aliphatic carbocycles. The summed E-state index contributed by atoms with van der Waals surface area (Å²) in [5.74, 6) is 0. The van der Waals surface area contributed by atoms with E-state index in [0.29, 0.717) is 0 Å². The lowest BCUT2D eigenvalue weighted by molar-refractivity contribution is 0.655. The molecule has 3 heterocycles. The van der Waals surface area contributed by atoms with E-state index >= 15 is 0 Å². The highest BCUT2D eigenvalue weighted by molar-refractivity contribution is 6.22. The molecule has 162 valence electrons. The Morgan fingerprint density at radius 1 is 0.529 bits per heavy atom. The molecule has 0 atom stereocenters. The lowest BCUT2D eigenvalue weighted by atomic mass is 9.97. The number of pyridine rings is 1. The van der Waals surface area contributed by atoms with E-state index in [0.717, 1.165) is 77.4 Å². The van der Waals surface area contributed by atoms with Crippen LogP contribution in [0.5, 0.6) is 0 Å². The fourth-order valence-corrected chi connectivity index (χ4v) is 5.08. The third-order valence-corrected chi connectivity index (χ3v) is 6.76. The summed E-state index contributed by atoms with van der Waals surface area (Å²) >= 11 is 0. The summed E-state index contributed by atoms with van der Waals surface area (Å²) in [6.45, 7) is 4.18. The molecule has 4 aromatic carbocycles. The zero-order valence-electron chi connectivity index (χ0n) is 18.9. The van der Waals surface area contributed by atoms with Gasteiger partial charge in [-0.15, -0.1) is 0 Å². The van der Waals surface area contributed by atoms with E-state index in [1.165, 1.54) is 0 Å². The van der Waals surface area contributed by atoms with Crippen LogP contribution in [0, 0.1) is 13.8 Å². The molecule has 0 aliphatic heterocycles. The van der Waals surface area contributed by atoms with Crippen molar-refractivity contribution < 1.29 is 8.83 Å². The van der Waals surface area contributed by atoms with Crippen LogP contribution in [0.4, 0.5) is 0 Å². The van der Waals surface area contributed by atoms with Gasteiger partial charge in [-0.3, -0.25) is 4.98 Å². The highest BCUT2D eigenvalue weighted by Crippen LogP contribution is 2.45. The highest BCUT2D eigenvalue weighted by atomic mass is 16.3. The van der Waals surface area contributed by atoms with Gasteiger partial charge in [-0.2, -0.15) is 0 Å². The molecule has 7 aromatic rings. The second-order valence-corrected chi connectivity index (χ2v) is 8.91. The van der Waals surface area contributed by atoms with Gasteiger partial charge in [-0.05, 0) is 48.7 Å². The summed E-state index contributed by atoms with van der Waals surface area (Å²) in [4.78, 5) is 4.65. The van der Waals surface area contributed by atoms with Gasteiger partial charge in [0.15, 0.2) is 0 Å². The predicted molar refractivity (Wildman–Crippen MR) is 139 cm³/mol. The van der Waals surface area contributed by atoms with Crippen molar-refractivity contribution in [3.8, 4) is 22.4 Å². The number of benzene rings is 4. The molecule has 0 spiro atoms. The fraction of sp³-hybridized carbons (Fsp3) is 0.0645. The molecule has 0 radical (unpaired) electrons. The number of fused-ring (bicyclic) bond motifs is 6. The molecular formula is C31H21NO2. The summed E-state index contributed by atoms with van der Waals surface area (Å²) < 4.78 is 13.1. The van der Waals surface area contributed by atoms with E-state index in [9.17, 15) is 0 Å². The first kappa shape index (κ1) is 19.1. The molecule has 0 unspecified atom stereocenters. The van der Waals surface area contributed by atoms with Gasteiger partial charge >= 0.3 is 0 Å². The van der Waals surface area contributed by atoms with Gasteiger partial charge in [0.1, 0.15) is 22.3 Å². The molecule has 3 aromatic heterocycles. The van der Waals surface area contributed by atoms with E-state index in [1.54, 1.807) is 0 Å². The Kier molecular flexibility index (Phi) is 3.97. The number of furan rings is 2. The molecule has 0 bridgehead atoms. The number of para-hydroxylation sites is 2. The monoisotopic (exact) mass is 439 g/mol. The lowest BCUT2D eigenvalue weighted by Gasteiger charge is -2.07. The van der Waals surface area contributed by atoms with Gasteiger partial charge in [0, 0.05) is 33.3 Å². The van der Waals surface area contributed by atoms with E-state index in [4.69, 9.17) is 8.83 Å². The van der Waals surface area contributed by atoms with Crippen LogP contribution < -0.4 is 0 Å². The van der Waals surface area contributed by atoms with E-state index < -0.39 is 0 Å². The Morgan fingerprint density at radius 2 is 1.15 bits per heavy atom. The second kappa shape index (κ2) is 7.06. The third kappa shape index (κ3) is 2.67. The van der Waals surface area contributed by atoms with E-state index in [2.05, 4.69) is 79.5 Å². The van der Waals surface area contributed by atoms with Crippen LogP contribution in [0.2, 0.25) is 0 Å². The van der Waals surface area contributed by atoms with Gasteiger partial charge in [0.2, 0.25) is 0 Å². The van der Waals surface area contributed by atoms with Gasteiger partial charge in [-0.25, -0.2) is 0 Å².